The first-order valence-electron chi connectivity index (χ1n) is 11.0. The van der Waals surface area contributed by atoms with Crippen molar-refractivity contribution in [3.05, 3.63) is 52.7 Å². The maximum Gasteiger partial charge on any atom is 0.273 e. The van der Waals surface area contributed by atoms with Crippen LogP contribution in [0.1, 0.15) is 54.1 Å². The number of nitrogens with zero attached hydrogens (tertiary/aromatic N) is 4. The molecule has 0 bridgehead atoms. The van der Waals surface area contributed by atoms with E-state index in [-0.39, 0.29) is 36.1 Å². The maximum absolute atomic E-state index is 13.9. The van der Waals surface area contributed by atoms with Gasteiger partial charge in [-0.25, -0.2) is 14.4 Å². The standard InChI is InChI=1S/C23H26FN5O3/c1-12-4-5-13(24)9-14(12)17-3-2-8-29(17)23(32)20-19-16(10-25-20)26-11-27-22(19)28-15-6-7-18(30)21(15)31/h4-5,9,11,15,17-18,21,30-31H,2-3,6-8,10H2,1H3,(H,26,27,28)/t15-,17-,18-,21+/m1/s1. The number of fused-ring (bicyclic) bond motifs is 1. The Kier molecular flexibility index (Phi) is 5.38. The molecule has 2 aliphatic heterocycles. The molecule has 3 aliphatic rings. The van der Waals surface area contributed by atoms with E-state index in [9.17, 15) is 19.4 Å². The second-order valence-corrected chi connectivity index (χ2v) is 8.75. The molecular weight excluding hydrogens is 413 g/mol. The number of hydrogen-bond donors (Lipinski definition) is 3. The Morgan fingerprint density at radius 2 is 2.06 bits per heavy atom. The fourth-order valence-electron chi connectivity index (χ4n) is 5.04. The lowest BCUT2D eigenvalue weighted by molar-refractivity contribution is -0.124. The number of likely N-dealkylation sites (tertiary alicyclic amines) is 1. The molecule has 3 heterocycles. The van der Waals surface area contributed by atoms with E-state index >= 15 is 0 Å². The van der Waals surface area contributed by atoms with E-state index < -0.39 is 12.2 Å². The van der Waals surface area contributed by atoms with Crippen molar-refractivity contribution in [2.24, 2.45) is 4.99 Å². The summed E-state index contributed by atoms with van der Waals surface area (Å²) in [5.74, 6) is -0.0964. The Bertz CT molecular complexity index is 1090. The molecule has 5 rings (SSSR count). The van der Waals surface area contributed by atoms with Crippen LogP contribution in [0, 0.1) is 12.7 Å². The second-order valence-electron chi connectivity index (χ2n) is 8.75. The molecule has 0 spiro atoms. The van der Waals surface area contributed by atoms with Gasteiger partial charge in [0.15, 0.2) is 0 Å². The van der Waals surface area contributed by atoms with E-state index in [0.29, 0.717) is 36.5 Å². The van der Waals surface area contributed by atoms with Gasteiger partial charge in [0.1, 0.15) is 23.7 Å². The van der Waals surface area contributed by atoms with Crippen LogP contribution in [0.2, 0.25) is 0 Å². The van der Waals surface area contributed by atoms with Gasteiger partial charge in [-0.2, -0.15) is 0 Å². The first-order chi connectivity index (χ1) is 15.4. The highest BCUT2D eigenvalue weighted by Crippen LogP contribution is 2.36. The number of amides is 1. The molecule has 1 aliphatic carbocycles. The monoisotopic (exact) mass is 439 g/mol. The summed E-state index contributed by atoms with van der Waals surface area (Å²) >= 11 is 0. The van der Waals surface area contributed by atoms with E-state index in [2.05, 4.69) is 20.3 Å². The van der Waals surface area contributed by atoms with Gasteiger partial charge in [0.05, 0.1) is 42.1 Å². The Balaban J connectivity index is 1.44. The molecule has 1 aromatic heterocycles. The molecule has 168 valence electrons. The fraction of sp³-hybridized carbons (Fsp3) is 0.478. The van der Waals surface area contributed by atoms with Gasteiger partial charge in [0.2, 0.25) is 0 Å². The Labute approximate surface area is 185 Å². The predicted octanol–water partition coefficient (Wildman–Crippen LogP) is 1.89. The van der Waals surface area contributed by atoms with Gasteiger partial charge >= 0.3 is 0 Å². The van der Waals surface area contributed by atoms with E-state index in [0.717, 1.165) is 24.0 Å². The summed E-state index contributed by atoms with van der Waals surface area (Å²) in [6, 6.07) is 4.11. The summed E-state index contributed by atoms with van der Waals surface area (Å²) in [7, 11) is 0. The number of aliphatic imine (C=N–C) groups is 1. The number of aliphatic hydroxyl groups excluding tert-OH is 2. The van der Waals surface area contributed by atoms with Gasteiger partial charge in [-0.3, -0.25) is 9.79 Å². The van der Waals surface area contributed by atoms with Crippen LogP contribution in [-0.4, -0.2) is 61.5 Å². The van der Waals surface area contributed by atoms with Gasteiger partial charge < -0.3 is 20.4 Å². The SMILES string of the molecule is Cc1ccc(F)cc1[C@H]1CCCN1C(=O)C1=NCc2ncnc(N[C@@H]3CC[C@@H](O)[C@H]3O)c21. The number of carbonyl (C=O) groups is 1. The number of rotatable bonds is 4. The molecule has 1 aromatic carbocycles. The zero-order valence-electron chi connectivity index (χ0n) is 17.8. The Hall–Kier alpha value is -2.91. The minimum absolute atomic E-state index is 0.210. The number of halogens is 1. The second kappa shape index (κ2) is 8.22. The van der Waals surface area contributed by atoms with E-state index in [4.69, 9.17) is 0 Å². The summed E-state index contributed by atoms with van der Waals surface area (Å²) in [5, 5.41) is 23.3. The van der Waals surface area contributed by atoms with Crippen LogP contribution < -0.4 is 5.32 Å². The van der Waals surface area contributed by atoms with E-state index in [1.807, 2.05) is 6.92 Å². The van der Waals surface area contributed by atoms with E-state index in [1.165, 1.54) is 18.5 Å². The topological polar surface area (TPSA) is 111 Å². The third-order valence-electron chi connectivity index (χ3n) is 6.77. The van der Waals surface area contributed by atoms with Crippen molar-refractivity contribution in [2.45, 2.75) is 63.4 Å². The van der Waals surface area contributed by atoms with Crippen molar-refractivity contribution in [3.63, 3.8) is 0 Å². The molecule has 3 N–H and O–H groups in total. The number of aromatic nitrogens is 2. The van der Waals surface area contributed by atoms with Crippen LogP contribution in [0.3, 0.4) is 0 Å². The molecule has 9 heteroatoms. The highest BCUT2D eigenvalue weighted by molar-refractivity contribution is 6.47. The number of hydrogen-bond acceptors (Lipinski definition) is 7. The summed E-state index contributed by atoms with van der Waals surface area (Å²) in [5.41, 5.74) is 3.26. The zero-order valence-corrected chi connectivity index (χ0v) is 17.8. The van der Waals surface area contributed by atoms with Crippen LogP contribution in [-0.2, 0) is 11.3 Å². The average molecular weight is 439 g/mol. The first-order valence-corrected chi connectivity index (χ1v) is 11.0. The molecule has 4 atom stereocenters. The van der Waals surface area contributed by atoms with E-state index in [1.54, 1.807) is 11.0 Å². The number of aryl methyl sites for hydroxylation is 1. The van der Waals surface area contributed by atoms with Crippen LogP contribution in [0.15, 0.2) is 29.5 Å². The fourth-order valence-corrected chi connectivity index (χ4v) is 5.04. The van der Waals surface area contributed by atoms with Gasteiger partial charge in [-0.05, 0) is 55.9 Å². The highest BCUT2D eigenvalue weighted by atomic mass is 19.1. The molecule has 8 nitrogen and oxygen atoms in total. The molecule has 1 saturated carbocycles. The lowest BCUT2D eigenvalue weighted by Crippen LogP contribution is -2.38. The molecule has 2 fully saturated rings. The van der Waals surface area contributed by atoms with Gasteiger partial charge in [0.25, 0.3) is 5.91 Å². The number of benzene rings is 1. The molecule has 32 heavy (non-hydrogen) atoms. The Morgan fingerprint density at radius 1 is 1.22 bits per heavy atom. The lowest BCUT2D eigenvalue weighted by Gasteiger charge is -2.27. The Morgan fingerprint density at radius 3 is 2.84 bits per heavy atom. The lowest BCUT2D eigenvalue weighted by atomic mass is 9.98. The predicted molar refractivity (Wildman–Crippen MR) is 116 cm³/mol. The minimum Gasteiger partial charge on any atom is -0.390 e. The quantitative estimate of drug-likeness (QED) is 0.671. The number of aliphatic hydroxyl groups is 2. The van der Waals surface area contributed by atoms with Crippen molar-refractivity contribution in [3.8, 4) is 0 Å². The van der Waals surface area contributed by atoms with Crippen molar-refractivity contribution in [2.75, 3.05) is 11.9 Å². The van der Waals surface area contributed by atoms with Crippen LogP contribution in [0.5, 0.6) is 0 Å². The summed E-state index contributed by atoms with van der Waals surface area (Å²) in [4.78, 5) is 28.5. The van der Waals surface area contributed by atoms with Crippen LogP contribution in [0.4, 0.5) is 10.2 Å². The van der Waals surface area contributed by atoms with Crippen molar-refractivity contribution in [1.29, 1.82) is 0 Å². The van der Waals surface area contributed by atoms with Gasteiger partial charge in [-0.1, -0.05) is 6.07 Å². The first kappa shape index (κ1) is 21.0. The summed E-state index contributed by atoms with van der Waals surface area (Å²) < 4.78 is 13.9. The summed E-state index contributed by atoms with van der Waals surface area (Å²) in [6.45, 7) is 2.77. The largest absolute Gasteiger partial charge is 0.390 e. The normalized spacial score (nSPS) is 26.9. The molecule has 0 unspecified atom stereocenters. The van der Waals surface area contributed by atoms with Gasteiger partial charge in [0, 0.05) is 6.54 Å². The van der Waals surface area contributed by atoms with Crippen LogP contribution in [0.25, 0.3) is 0 Å². The number of nitrogens with one attached hydrogen (secondary N) is 1. The van der Waals surface area contributed by atoms with Gasteiger partial charge in [-0.15, -0.1) is 0 Å². The number of carbonyl (C=O) groups excluding carboxylic acids is 1. The molecular formula is C23H26FN5O3. The summed E-state index contributed by atoms with van der Waals surface area (Å²) in [6.07, 6.45) is 2.40. The third kappa shape index (κ3) is 3.55. The number of anilines is 1. The third-order valence-corrected chi connectivity index (χ3v) is 6.77. The molecule has 0 radical (unpaired) electrons. The smallest absolute Gasteiger partial charge is 0.273 e. The molecule has 1 saturated heterocycles. The van der Waals surface area contributed by atoms with Crippen molar-refractivity contribution >= 4 is 17.4 Å². The van der Waals surface area contributed by atoms with Crippen LogP contribution >= 0.6 is 0 Å². The van der Waals surface area contributed by atoms with Crippen molar-refractivity contribution in [1.82, 2.24) is 14.9 Å². The average Bonchev–Trinajstić information content (AvgIpc) is 3.51. The molecule has 2 aromatic rings. The highest BCUT2D eigenvalue weighted by Gasteiger charge is 2.39. The zero-order chi connectivity index (χ0) is 22.4. The maximum atomic E-state index is 13.9. The minimum atomic E-state index is -0.906. The van der Waals surface area contributed by atoms with Crippen molar-refractivity contribution < 1.29 is 19.4 Å². The molecule has 1 amide bonds.